The highest BCUT2D eigenvalue weighted by Crippen LogP contribution is 2.12. The summed E-state index contributed by atoms with van der Waals surface area (Å²) >= 11 is 0. The number of aliphatic hydroxyl groups is 1. The second kappa shape index (κ2) is 31.0. The molecule has 0 bridgehead atoms. The first-order valence-electron chi connectivity index (χ1n) is 20.4. The maximum absolute atomic E-state index is 13.4. The number of hydrogen-bond donors (Lipinski definition) is 11. The number of rotatable bonds is 33. The lowest BCUT2D eigenvalue weighted by Gasteiger charge is -2.27. The van der Waals surface area contributed by atoms with E-state index in [2.05, 4.69) is 43.8 Å². The molecule has 20 nitrogen and oxygen atoms in total. The number of carboxylic acids is 1. The molecule has 0 radical (unpaired) electrons. The monoisotopic (exact) mass is 827 g/mol. The van der Waals surface area contributed by atoms with Gasteiger partial charge in [-0.1, -0.05) is 85.0 Å². The minimum atomic E-state index is -1.60. The standard InChI is InChI=1S/C38H70N10O10/c1-5-6-7-8-9-10-11-12-13-14-15-18-30(51)43-22-31(52)44-25(4)33(53)45-26(19-20-29(39)50)34(54)48-32(24(2)3)36(56)47-28(23-49)35(55)46-27(37(57)58)17-16-21-42-38(40)41/h24-28,32,49H,5-23H2,1-4H3,(H2,39,50)(H,43,51)(H,44,52)(H,45,53)(H,46,55)(H,47,56)(H,48,54)(H,57,58)(H4,40,41,42)/t25-,26-,27-,28-,32-/m0/s1. The molecule has 0 aliphatic rings. The summed E-state index contributed by atoms with van der Waals surface area (Å²) in [4.78, 5) is 104. The lowest BCUT2D eigenvalue weighted by molar-refractivity contribution is -0.143. The fraction of sp³-hybridized carbons (Fsp3) is 0.763. The first-order chi connectivity index (χ1) is 27.4. The van der Waals surface area contributed by atoms with Crippen molar-refractivity contribution in [3.05, 3.63) is 0 Å². The number of carbonyl (C=O) groups excluding carboxylic acids is 7. The van der Waals surface area contributed by atoms with Gasteiger partial charge in [-0.25, -0.2) is 4.79 Å². The Hall–Kier alpha value is -5.01. The van der Waals surface area contributed by atoms with E-state index in [4.69, 9.17) is 17.2 Å². The third kappa shape index (κ3) is 25.3. The molecule has 0 rings (SSSR count). The van der Waals surface area contributed by atoms with Crippen LogP contribution in [0.1, 0.15) is 130 Å². The molecule has 20 heteroatoms. The summed E-state index contributed by atoms with van der Waals surface area (Å²) in [5.41, 5.74) is 15.8. The predicted molar refractivity (Wildman–Crippen MR) is 217 cm³/mol. The van der Waals surface area contributed by atoms with Crippen molar-refractivity contribution in [2.45, 2.75) is 161 Å². The summed E-state index contributed by atoms with van der Waals surface area (Å²) in [6.45, 7) is 5.52. The molecule has 0 fully saturated rings. The third-order valence-corrected chi connectivity index (χ3v) is 9.16. The second-order valence-corrected chi connectivity index (χ2v) is 14.7. The minimum Gasteiger partial charge on any atom is -0.480 e. The Morgan fingerprint density at radius 1 is 0.586 bits per heavy atom. The first kappa shape index (κ1) is 53.0. The summed E-state index contributed by atoms with van der Waals surface area (Å²) in [5, 5.41) is 33.8. The van der Waals surface area contributed by atoms with Crippen LogP contribution in [0.5, 0.6) is 0 Å². The normalized spacial score (nSPS) is 13.5. The summed E-state index contributed by atoms with van der Waals surface area (Å²) in [7, 11) is 0. The van der Waals surface area contributed by atoms with E-state index in [1.54, 1.807) is 13.8 Å². The molecule has 0 aliphatic heterocycles. The fourth-order valence-corrected chi connectivity index (χ4v) is 5.70. The van der Waals surface area contributed by atoms with Gasteiger partial charge in [0.2, 0.25) is 41.4 Å². The van der Waals surface area contributed by atoms with Gasteiger partial charge < -0.3 is 59.3 Å². The van der Waals surface area contributed by atoms with Gasteiger partial charge >= 0.3 is 5.97 Å². The molecule has 0 aromatic rings. The molecule has 0 aliphatic carbocycles. The van der Waals surface area contributed by atoms with Crippen LogP contribution in [-0.4, -0.2) is 113 Å². The minimum absolute atomic E-state index is 0.0641. The predicted octanol–water partition coefficient (Wildman–Crippen LogP) is -0.700. The number of primary amides is 1. The quantitative estimate of drug-likeness (QED) is 0.0222. The summed E-state index contributed by atoms with van der Waals surface area (Å²) in [5.74, 6) is -7.50. The van der Waals surface area contributed by atoms with Gasteiger partial charge in [-0.2, -0.15) is 0 Å². The largest absolute Gasteiger partial charge is 0.480 e. The van der Waals surface area contributed by atoms with Crippen molar-refractivity contribution < 1.29 is 48.6 Å². The van der Waals surface area contributed by atoms with Crippen LogP contribution >= 0.6 is 0 Å². The number of carbonyl (C=O) groups is 8. The van der Waals surface area contributed by atoms with Gasteiger partial charge in [0, 0.05) is 19.4 Å². The molecule has 0 saturated carbocycles. The van der Waals surface area contributed by atoms with E-state index in [1.807, 2.05) is 0 Å². The van der Waals surface area contributed by atoms with Crippen LogP contribution in [0.2, 0.25) is 0 Å². The van der Waals surface area contributed by atoms with Crippen LogP contribution in [0.25, 0.3) is 0 Å². The summed E-state index contributed by atoms with van der Waals surface area (Å²) in [6, 6.07) is -6.89. The lowest BCUT2D eigenvalue weighted by Crippen LogP contribution is -2.60. The van der Waals surface area contributed by atoms with Gasteiger partial charge in [-0.05, 0) is 38.5 Å². The highest BCUT2D eigenvalue weighted by atomic mass is 16.4. The number of aliphatic imine (C=N–C) groups is 1. The SMILES string of the molecule is CCCCCCCCCCCCCC(=O)NCC(=O)N[C@@H](C)C(=O)N[C@@H](CCC(N)=O)C(=O)N[C@H](C(=O)N[C@@H](CO)C(=O)N[C@@H](CCCN=C(N)N)C(=O)O)C(C)C. The Morgan fingerprint density at radius 2 is 1.12 bits per heavy atom. The lowest BCUT2D eigenvalue weighted by atomic mass is 10.0. The maximum Gasteiger partial charge on any atom is 0.326 e. The topological polar surface area (TPSA) is 340 Å². The molecule has 0 aromatic carbocycles. The van der Waals surface area contributed by atoms with Gasteiger partial charge in [-0.3, -0.25) is 38.6 Å². The Labute approximate surface area is 341 Å². The molecular weight excluding hydrogens is 756 g/mol. The zero-order chi connectivity index (χ0) is 44.0. The molecule has 0 spiro atoms. The average molecular weight is 827 g/mol. The molecule has 0 saturated heterocycles. The number of nitrogens with one attached hydrogen (secondary N) is 6. The average Bonchev–Trinajstić information content (AvgIpc) is 3.15. The highest BCUT2D eigenvalue weighted by molar-refractivity contribution is 5.96. The molecule has 14 N–H and O–H groups in total. The van der Waals surface area contributed by atoms with E-state index in [0.29, 0.717) is 6.42 Å². The van der Waals surface area contributed by atoms with Crippen LogP contribution in [-0.2, 0) is 38.4 Å². The second-order valence-electron chi connectivity index (χ2n) is 14.7. The van der Waals surface area contributed by atoms with Gasteiger partial charge in [-0.15, -0.1) is 0 Å². The number of nitrogens with zero attached hydrogens (tertiary/aromatic N) is 1. The smallest absolute Gasteiger partial charge is 0.326 e. The first-order valence-corrected chi connectivity index (χ1v) is 20.4. The highest BCUT2D eigenvalue weighted by Gasteiger charge is 2.33. The van der Waals surface area contributed by atoms with E-state index in [0.717, 1.165) is 19.3 Å². The Morgan fingerprint density at radius 3 is 1.64 bits per heavy atom. The van der Waals surface area contributed by atoms with Crippen LogP contribution in [0.4, 0.5) is 0 Å². The molecule has 58 heavy (non-hydrogen) atoms. The van der Waals surface area contributed by atoms with Gasteiger partial charge in [0.05, 0.1) is 13.2 Å². The van der Waals surface area contributed by atoms with Crippen LogP contribution in [0.15, 0.2) is 4.99 Å². The zero-order valence-corrected chi connectivity index (χ0v) is 34.7. The number of hydrogen-bond acceptors (Lipinski definition) is 10. The fourth-order valence-electron chi connectivity index (χ4n) is 5.70. The molecule has 5 atom stereocenters. The van der Waals surface area contributed by atoms with Crippen molar-refractivity contribution in [1.29, 1.82) is 0 Å². The van der Waals surface area contributed by atoms with Crippen molar-refractivity contribution >= 4 is 53.3 Å². The number of aliphatic carboxylic acids is 1. The Balaban J connectivity index is 5.16. The molecular formula is C38H70N10O10. The van der Waals surface area contributed by atoms with Crippen molar-refractivity contribution in [2.75, 3.05) is 19.7 Å². The van der Waals surface area contributed by atoms with Gasteiger partial charge in [0.1, 0.15) is 30.2 Å². The Kier molecular flexibility index (Phi) is 28.4. The van der Waals surface area contributed by atoms with Crippen molar-refractivity contribution in [1.82, 2.24) is 31.9 Å². The number of aliphatic hydroxyl groups excluding tert-OH is 1. The summed E-state index contributed by atoms with van der Waals surface area (Å²) < 4.78 is 0. The number of unbranched alkanes of at least 4 members (excludes halogenated alkanes) is 10. The van der Waals surface area contributed by atoms with E-state index in [-0.39, 0.29) is 57.1 Å². The molecule has 332 valence electrons. The number of carboxylic acid groups (broad SMARTS) is 1. The molecule has 0 aromatic heterocycles. The number of amides is 7. The van der Waals surface area contributed by atoms with E-state index < -0.39 is 84.1 Å². The van der Waals surface area contributed by atoms with Crippen LogP contribution in [0.3, 0.4) is 0 Å². The number of nitrogens with two attached hydrogens (primary N) is 3. The van der Waals surface area contributed by atoms with E-state index in [1.165, 1.54) is 51.9 Å². The zero-order valence-electron chi connectivity index (χ0n) is 34.7. The van der Waals surface area contributed by atoms with Gasteiger partial charge in [0.15, 0.2) is 5.96 Å². The van der Waals surface area contributed by atoms with Crippen LogP contribution < -0.4 is 49.1 Å². The molecule has 7 amide bonds. The van der Waals surface area contributed by atoms with Crippen molar-refractivity contribution in [3.8, 4) is 0 Å². The maximum atomic E-state index is 13.4. The molecule has 0 heterocycles. The molecule has 0 unspecified atom stereocenters. The Bertz CT molecular complexity index is 1340. The van der Waals surface area contributed by atoms with Crippen LogP contribution in [0, 0.1) is 5.92 Å². The van der Waals surface area contributed by atoms with E-state index in [9.17, 15) is 48.6 Å². The third-order valence-electron chi connectivity index (χ3n) is 9.16. The van der Waals surface area contributed by atoms with E-state index >= 15 is 0 Å². The van der Waals surface area contributed by atoms with Crippen molar-refractivity contribution in [2.24, 2.45) is 28.1 Å². The summed E-state index contributed by atoms with van der Waals surface area (Å²) in [6.07, 6.45) is 12.4. The van der Waals surface area contributed by atoms with Crippen molar-refractivity contribution in [3.63, 3.8) is 0 Å². The van der Waals surface area contributed by atoms with Gasteiger partial charge in [0.25, 0.3) is 0 Å². The number of guanidine groups is 1.